The van der Waals surface area contributed by atoms with Crippen molar-refractivity contribution < 1.29 is 83.0 Å². The van der Waals surface area contributed by atoms with Gasteiger partial charge in [-0.05, 0) is 309 Å². The number of likely N-dealkylation sites (tertiary alicyclic amines) is 3. The van der Waals surface area contributed by atoms with Gasteiger partial charge in [-0.15, -0.1) is 0 Å². The number of anilines is 3. The predicted octanol–water partition coefficient (Wildman–Crippen LogP) is 17.4. The van der Waals surface area contributed by atoms with E-state index in [1.54, 1.807) is 135 Å². The second kappa shape index (κ2) is 50.1. The Morgan fingerprint density at radius 1 is 0.336 bits per heavy atom. The maximum atomic E-state index is 14.1. The Labute approximate surface area is 872 Å². The zero-order valence-corrected chi connectivity index (χ0v) is 86.8. The van der Waals surface area contributed by atoms with Gasteiger partial charge < -0.3 is 59.5 Å². The van der Waals surface area contributed by atoms with Crippen LogP contribution in [0.15, 0.2) is 321 Å². The number of aliphatic carboxylic acids is 1. The molecule has 12 aromatic carbocycles. The topological polar surface area (TPSA) is 341 Å². The zero-order valence-electron chi connectivity index (χ0n) is 84.3. The van der Waals surface area contributed by atoms with E-state index < -0.39 is 53.2 Å². The molecule has 3 N–H and O–H groups in total. The van der Waals surface area contributed by atoms with E-state index in [2.05, 4.69) is 110 Å². The van der Waals surface area contributed by atoms with Gasteiger partial charge in [-0.25, -0.2) is 25.3 Å². The van der Waals surface area contributed by atoms with E-state index in [1.807, 2.05) is 6.07 Å². The smallest absolute Gasteiger partial charge is 0.310 e. The van der Waals surface area contributed by atoms with E-state index >= 15 is 0 Å². The van der Waals surface area contributed by atoms with Crippen LogP contribution < -0.4 is 25.3 Å². The summed E-state index contributed by atoms with van der Waals surface area (Å²) in [6.07, 6.45) is 12.8. The monoisotopic (exact) mass is 2070 g/mol. The summed E-state index contributed by atoms with van der Waals surface area (Å²) in [4.78, 5) is 130. The quantitative estimate of drug-likeness (QED) is 0.0245. The summed E-state index contributed by atoms with van der Waals surface area (Å²) in [5.74, 6) is -1.91. The number of carbonyl (C=O) groups is 9. The van der Waals surface area contributed by atoms with Crippen molar-refractivity contribution in [3.05, 3.63) is 375 Å². The first kappa shape index (κ1) is 107. The highest BCUT2D eigenvalue weighted by molar-refractivity contribution is 7.92. The number of hydrogen-bond acceptors (Lipinski definition) is 20. The molecule has 6 aliphatic rings. The molecular formula is C119H127N9O18S3. The molecule has 18 rings (SSSR count). The molecule has 6 aliphatic heterocycles. The van der Waals surface area contributed by atoms with Crippen LogP contribution in [0.2, 0.25) is 0 Å². The Balaban J connectivity index is 0.000000159. The molecule has 0 atom stereocenters. The number of piperidine rings is 3. The Morgan fingerprint density at radius 3 is 0.933 bits per heavy atom. The number of fused-ring (bicyclic) bond motifs is 6. The van der Waals surface area contributed by atoms with Crippen molar-refractivity contribution in [2.24, 2.45) is 17.8 Å². The number of nitrogens with zero attached hydrogens (tertiary/aromatic N) is 7. The summed E-state index contributed by atoms with van der Waals surface area (Å²) in [6.45, 7) is 14.7. The van der Waals surface area contributed by atoms with Crippen LogP contribution in [0.5, 0.6) is 0 Å². The number of carboxylic acids is 1. The third-order valence-corrected chi connectivity index (χ3v) is 34.1. The van der Waals surface area contributed by atoms with Crippen molar-refractivity contribution in [3.8, 4) is 0 Å². The molecule has 0 unspecified atom stereocenters. The lowest BCUT2D eigenvalue weighted by molar-refractivity contribution is -0.143. The van der Waals surface area contributed by atoms with E-state index in [9.17, 15) is 68.4 Å². The van der Waals surface area contributed by atoms with E-state index in [0.717, 1.165) is 145 Å². The summed E-state index contributed by atoms with van der Waals surface area (Å²) in [6, 6.07) is 84.8. The number of hydrogen-bond donors (Lipinski definition) is 3. The molecule has 149 heavy (non-hydrogen) atoms. The fourth-order valence-corrected chi connectivity index (χ4v) is 25.3. The molecular weight excluding hydrogens is 1940 g/mol. The number of carboxylic acid groups (broad SMARTS) is 1. The molecule has 0 spiro atoms. The highest BCUT2D eigenvalue weighted by Crippen LogP contribution is 2.43. The molecule has 6 amide bonds. The minimum atomic E-state index is -4.08. The van der Waals surface area contributed by atoms with Gasteiger partial charge in [-0.3, -0.25) is 43.2 Å². The lowest BCUT2D eigenvalue weighted by Crippen LogP contribution is -2.37. The van der Waals surface area contributed by atoms with Gasteiger partial charge in [-0.2, -0.15) is 0 Å². The van der Waals surface area contributed by atoms with E-state index in [-0.39, 0.29) is 143 Å². The van der Waals surface area contributed by atoms with Crippen LogP contribution in [-0.4, -0.2) is 202 Å². The minimum Gasteiger partial charge on any atom is -0.481 e. The molecule has 3 fully saturated rings. The van der Waals surface area contributed by atoms with Gasteiger partial charge in [0.15, 0.2) is 0 Å². The maximum absolute atomic E-state index is 14.1. The lowest BCUT2D eigenvalue weighted by atomic mass is 9.90. The highest BCUT2D eigenvalue weighted by atomic mass is 32.2. The largest absolute Gasteiger partial charge is 0.481 e. The van der Waals surface area contributed by atoms with E-state index in [1.165, 1.54) is 135 Å². The second-order valence-corrected chi connectivity index (χ2v) is 44.6. The molecule has 0 bridgehead atoms. The van der Waals surface area contributed by atoms with Crippen molar-refractivity contribution in [2.45, 2.75) is 159 Å². The molecule has 0 saturated carbocycles. The standard InChI is InChI=1S/C41H45N3O6S.C40H43N3O6S.C38H39N3O6S/c1-3-50-39(45)27-31-14-16-33(17-15-31)29-44-36-28-34(18-19-38(36)51(48,49)37-13-8-7-12-35(37)41(44)47)40(46)42(2)22-9-23-43-24-20-32(21-25-43)26-30-10-5-4-6-11-30;1-2-49-38(44)26-30-13-15-32(16-14-30)28-43-35-27-33(17-18-37(35)50(47,48)36-12-7-6-11-34(36)40(43)46)39(45)41-21-8-22-42-23-19-31(20-24-42)25-29-9-4-3-5-10-29;42-36(43)24-28-11-13-30(14-12-28)26-41-33-25-31(15-16-35(33)48(46,47)34-10-5-4-9-32(34)38(41)45)37(44)39-19-6-20-40-21-17-29(18-22-40)23-27-7-2-1-3-8-27/h4-8,10-19,28,32H,3,9,20-27,29H2,1-2H3;3-7,9-18,27,31H,2,8,19-26,28H2,1H3,(H,41,45);1-5,7-16,25,29H,6,17-24,26H2,(H,39,44)(H,42,43). The molecule has 0 aliphatic carbocycles. The van der Waals surface area contributed by atoms with Crippen LogP contribution in [0.1, 0.15) is 184 Å². The summed E-state index contributed by atoms with van der Waals surface area (Å²) in [7, 11) is -10.5. The molecule has 3 saturated heterocycles. The number of benzene rings is 12. The molecule has 0 aromatic heterocycles. The second-order valence-electron chi connectivity index (χ2n) is 38.9. The van der Waals surface area contributed by atoms with Crippen molar-refractivity contribution in [3.63, 3.8) is 0 Å². The van der Waals surface area contributed by atoms with Gasteiger partial charge in [0, 0.05) is 43.4 Å². The predicted molar refractivity (Wildman–Crippen MR) is 571 cm³/mol. The molecule has 12 aromatic rings. The molecule has 0 radical (unpaired) electrons. The number of carbonyl (C=O) groups excluding carboxylic acids is 8. The summed E-state index contributed by atoms with van der Waals surface area (Å²) in [5.41, 5.74) is 9.88. The van der Waals surface area contributed by atoms with Gasteiger partial charge in [0.1, 0.15) is 0 Å². The third kappa shape index (κ3) is 27.2. The van der Waals surface area contributed by atoms with Crippen molar-refractivity contribution in [1.82, 2.24) is 30.2 Å². The fraction of sp³-hybridized carbons (Fsp3) is 0.319. The van der Waals surface area contributed by atoms with Crippen molar-refractivity contribution in [1.29, 1.82) is 0 Å². The first-order valence-corrected chi connectivity index (χ1v) is 55.8. The van der Waals surface area contributed by atoms with Gasteiger partial charge in [0.25, 0.3) is 35.4 Å². The summed E-state index contributed by atoms with van der Waals surface area (Å²) >= 11 is 0. The normalized spacial score (nSPS) is 15.9. The number of nitrogens with one attached hydrogen (secondary N) is 2. The van der Waals surface area contributed by atoms with Crippen LogP contribution in [0, 0.1) is 17.8 Å². The molecule has 6 heterocycles. The van der Waals surface area contributed by atoms with Gasteiger partial charge in [0.2, 0.25) is 29.5 Å². The van der Waals surface area contributed by atoms with Crippen LogP contribution in [0.25, 0.3) is 0 Å². The van der Waals surface area contributed by atoms with Crippen LogP contribution >= 0.6 is 0 Å². The Morgan fingerprint density at radius 2 is 0.617 bits per heavy atom. The Bertz CT molecular complexity index is 7160. The minimum absolute atomic E-state index is 0.0240. The number of esters is 2. The van der Waals surface area contributed by atoms with Crippen molar-refractivity contribution in [2.75, 3.05) is 113 Å². The number of amides is 6. The number of ether oxygens (including phenoxy) is 2. The number of sulfone groups is 3. The van der Waals surface area contributed by atoms with E-state index in [4.69, 9.17) is 14.6 Å². The maximum Gasteiger partial charge on any atom is 0.310 e. The Hall–Kier alpha value is -14.4. The van der Waals surface area contributed by atoms with Gasteiger partial charge in [-0.1, -0.05) is 200 Å². The first-order valence-electron chi connectivity index (χ1n) is 51.3. The van der Waals surface area contributed by atoms with Crippen LogP contribution in [0.3, 0.4) is 0 Å². The zero-order chi connectivity index (χ0) is 105. The lowest BCUT2D eigenvalue weighted by Gasteiger charge is -2.32. The molecule has 774 valence electrons. The molecule has 30 heteroatoms. The van der Waals surface area contributed by atoms with Gasteiger partial charge in [0.05, 0.1) is 115 Å². The third-order valence-electron chi connectivity index (χ3n) is 28.5. The van der Waals surface area contributed by atoms with E-state index in [0.29, 0.717) is 67.3 Å². The average molecular weight is 2070 g/mol. The van der Waals surface area contributed by atoms with Crippen LogP contribution in [-0.2, 0) is 112 Å². The Kier molecular flexibility index (Phi) is 36.1. The fourth-order valence-electron chi connectivity index (χ4n) is 20.4. The summed E-state index contributed by atoms with van der Waals surface area (Å²) < 4.78 is 93.4. The summed E-state index contributed by atoms with van der Waals surface area (Å²) in [5, 5.41) is 15.1. The SMILES string of the molecule is CCOC(=O)Cc1ccc(CN2C(=O)c3ccccc3S(=O)(=O)c3ccc(C(=O)N(C)CCCN4CCC(Cc5ccccc5)CC4)cc32)cc1.CCOC(=O)Cc1ccc(CN2C(=O)c3ccccc3S(=O)(=O)c3ccc(C(=O)NCCCN4CCC(Cc5ccccc5)CC4)cc32)cc1.O=C(O)Cc1ccc(CN2C(=O)c3ccccc3S(=O)(=O)c3ccc(C(=O)NCCCN4CCC(Cc5ccccc5)CC4)cc32)cc1. The average Bonchev–Trinajstić information content (AvgIpc) is 1.61. The van der Waals surface area contributed by atoms with Crippen LogP contribution in [0.4, 0.5) is 17.1 Å². The number of rotatable bonds is 35. The first-order chi connectivity index (χ1) is 72.0. The van der Waals surface area contributed by atoms with Gasteiger partial charge >= 0.3 is 17.9 Å². The van der Waals surface area contributed by atoms with Crippen molar-refractivity contribution >= 4 is 99.9 Å². The highest BCUT2D eigenvalue weighted by Gasteiger charge is 2.41. The molecule has 27 nitrogen and oxygen atoms in total.